The minimum atomic E-state index is -4.33. The van der Waals surface area contributed by atoms with Crippen LogP contribution in [0.2, 0.25) is 0 Å². The second-order valence-corrected chi connectivity index (χ2v) is 5.90. The van der Waals surface area contributed by atoms with Crippen LogP contribution in [0.5, 0.6) is 0 Å². The Kier molecular flexibility index (Phi) is 3.82. The number of hydrogen-bond acceptors (Lipinski definition) is 2. The molecule has 3 nitrogen and oxygen atoms in total. The molecule has 2 aliphatic carbocycles. The average Bonchev–Trinajstić information content (AvgIpc) is 3.10. The van der Waals surface area contributed by atoms with Crippen molar-refractivity contribution in [1.82, 2.24) is 10.6 Å². The number of halogens is 3. The van der Waals surface area contributed by atoms with E-state index in [1.807, 2.05) is 0 Å². The van der Waals surface area contributed by atoms with Crippen molar-refractivity contribution in [3.05, 3.63) is 0 Å². The van der Waals surface area contributed by atoms with Gasteiger partial charge in [-0.2, -0.15) is 13.2 Å². The van der Waals surface area contributed by atoms with E-state index in [0.29, 0.717) is 0 Å². The molecule has 0 radical (unpaired) electrons. The number of rotatable bonds is 4. The number of carbonyl (C=O) groups excluding carboxylic acids is 1. The van der Waals surface area contributed by atoms with Crippen molar-refractivity contribution in [2.75, 3.05) is 7.05 Å². The summed E-state index contributed by atoms with van der Waals surface area (Å²) in [6.45, 7) is 0. The standard InChI is InChI=1S/C13H21F3N2O/c1-17-11(5-3-2-4-6-11)9-10(19)18-12(7-8-12)13(14,15)16/h17H,2-9H2,1H3,(H,18,19). The minimum Gasteiger partial charge on any atom is -0.342 e. The second kappa shape index (κ2) is 4.96. The Bertz CT molecular complexity index is 344. The zero-order chi connectivity index (χ0) is 14.1. The molecule has 1 amide bonds. The quantitative estimate of drug-likeness (QED) is 0.829. The smallest absolute Gasteiger partial charge is 0.342 e. The molecule has 2 rings (SSSR count). The number of carbonyl (C=O) groups is 1. The van der Waals surface area contributed by atoms with Crippen molar-refractivity contribution in [1.29, 1.82) is 0 Å². The fraction of sp³-hybridized carbons (Fsp3) is 0.923. The molecule has 0 atom stereocenters. The zero-order valence-corrected chi connectivity index (χ0v) is 11.2. The van der Waals surface area contributed by atoms with E-state index in [1.54, 1.807) is 7.05 Å². The van der Waals surface area contributed by atoms with E-state index >= 15 is 0 Å². The lowest BCUT2D eigenvalue weighted by atomic mass is 9.79. The number of amides is 1. The Hall–Kier alpha value is -0.780. The van der Waals surface area contributed by atoms with Gasteiger partial charge in [-0.05, 0) is 32.7 Å². The van der Waals surface area contributed by atoms with Gasteiger partial charge in [-0.15, -0.1) is 0 Å². The van der Waals surface area contributed by atoms with Crippen molar-refractivity contribution < 1.29 is 18.0 Å². The van der Waals surface area contributed by atoms with Gasteiger partial charge in [0.05, 0.1) is 0 Å². The Morgan fingerprint density at radius 2 is 1.68 bits per heavy atom. The van der Waals surface area contributed by atoms with Crippen LogP contribution >= 0.6 is 0 Å². The van der Waals surface area contributed by atoms with Crippen LogP contribution in [0.3, 0.4) is 0 Å². The fourth-order valence-corrected chi connectivity index (χ4v) is 2.97. The molecular weight excluding hydrogens is 257 g/mol. The van der Waals surface area contributed by atoms with E-state index < -0.39 is 17.6 Å². The topological polar surface area (TPSA) is 41.1 Å². The lowest BCUT2D eigenvalue weighted by Crippen LogP contribution is -2.53. The third-order valence-corrected chi connectivity index (χ3v) is 4.51. The van der Waals surface area contributed by atoms with Gasteiger partial charge in [0, 0.05) is 12.0 Å². The highest BCUT2D eigenvalue weighted by Crippen LogP contribution is 2.49. The Balaban J connectivity index is 1.94. The molecule has 0 unspecified atom stereocenters. The van der Waals surface area contributed by atoms with Gasteiger partial charge in [-0.3, -0.25) is 4.79 Å². The maximum atomic E-state index is 12.8. The Morgan fingerprint density at radius 3 is 2.11 bits per heavy atom. The van der Waals surface area contributed by atoms with Crippen LogP contribution in [0.15, 0.2) is 0 Å². The van der Waals surface area contributed by atoms with Gasteiger partial charge in [-0.1, -0.05) is 19.3 Å². The van der Waals surface area contributed by atoms with Crippen LogP contribution in [0.25, 0.3) is 0 Å². The third kappa shape index (κ3) is 3.04. The molecule has 2 fully saturated rings. The summed E-state index contributed by atoms with van der Waals surface area (Å²) < 4.78 is 38.3. The molecule has 2 aliphatic rings. The maximum absolute atomic E-state index is 12.8. The van der Waals surface area contributed by atoms with Gasteiger partial charge in [0.25, 0.3) is 0 Å². The van der Waals surface area contributed by atoms with Gasteiger partial charge < -0.3 is 10.6 Å². The maximum Gasteiger partial charge on any atom is 0.411 e. The molecule has 0 spiro atoms. The molecule has 2 N–H and O–H groups in total. The molecule has 0 aromatic heterocycles. The summed E-state index contributed by atoms with van der Waals surface area (Å²) in [5.41, 5.74) is -2.25. The average molecular weight is 278 g/mol. The van der Waals surface area contributed by atoms with Crippen LogP contribution in [0.1, 0.15) is 51.4 Å². The van der Waals surface area contributed by atoms with Crippen molar-refractivity contribution in [2.24, 2.45) is 0 Å². The van der Waals surface area contributed by atoms with E-state index in [0.717, 1.165) is 32.1 Å². The largest absolute Gasteiger partial charge is 0.411 e. The van der Waals surface area contributed by atoms with Crippen molar-refractivity contribution in [3.8, 4) is 0 Å². The highest BCUT2D eigenvalue weighted by atomic mass is 19.4. The predicted molar refractivity (Wildman–Crippen MR) is 65.7 cm³/mol. The highest BCUT2D eigenvalue weighted by Gasteiger charge is 2.64. The predicted octanol–water partition coefficient (Wildman–Crippen LogP) is 2.51. The fourth-order valence-electron chi connectivity index (χ4n) is 2.97. The molecule has 0 aromatic carbocycles. The van der Waals surface area contributed by atoms with Gasteiger partial charge in [0.15, 0.2) is 0 Å². The molecule has 0 heterocycles. The normalized spacial score (nSPS) is 24.8. The van der Waals surface area contributed by atoms with Crippen molar-refractivity contribution in [3.63, 3.8) is 0 Å². The van der Waals surface area contributed by atoms with E-state index in [2.05, 4.69) is 10.6 Å². The highest BCUT2D eigenvalue weighted by molar-refractivity contribution is 5.78. The first-order valence-corrected chi connectivity index (χ1v) is 6.89. The molecule has 6 heteroatoms. The van der Waals surface area contributed by atoms with Gasteiger partial charge >= 0.3 is 6.18 Å². The van der Waals surface area contributed by atoms with Crippen LogP contribution in [0.4, 0.5) is 13.2 Å². The van der Waals surface area contributed by atoms with Crippen LogP contribution in [0, 0.1) is 0 Å². The van der Waals surface area contributed by atoms with Gasteiger partial charge in [0.2, 0.25) is 5.91 Å². The van der Waals surface area contributed by atoms with Crippen LogP contribution < -0.4 is 10.6 Å². The lowest BCUT2D eigenvalue weighted by Gasteiger charge is -2.37. The van der Waals surface area contributed by atoms with Gasteiger partial charge in [0.1, 0.15) is 5.54 Å². The summed E-state index contributed by atoms with van der Waals surface area (Å²) in [6, 6.07) is 0. The first kappa shape index (κ1) is 14.6. The monoisotopic (exact) mass is 278 g/mol. The van der Waals surface area contributed by atoms with E-state index in [9.17, 15) is 18.0 Å². The molecule has 110 valence electrons. The number of nitrogens with one attached hydrogen (secondary N) is 2. The third-order valence-electron chi connectivity index (χ3n) is 4.51. The summed E-state index contributed by atoms with van der Waals surface area (Å²) in [5.74, 6) is -0.480. The van der Waals surface area contributed by atoms with Gasteiger partial charge in [-0.25, -0.2) is 0 Å². The summed E-state index contributed by atoms with van der Waals surface area (Å²) in [5, 5.41) is 5.36. The summed E-state index contributed by atoms with van der Waals surface area (Å²) >= 11 is 0. The molecule has 0 aromatic rings. The van der Waals surface area contributed by atoms with Crippen LogP contribution in [-0.4, -0.2) is 30.2 Å². The summed E-state index contributed by atoms with van der Waals surface area (Å²) in [4.78, 5) is 11.9. The molecule has 0 bridgehead atoms. The van der Waals surface area contributed by atoms with E-state index in [4.69, 9.17) is 0 Å². The minimum absolute atomic E-state index is 0.00872. The van der Waals surface area contributed by atoms with E-state index in [-0.39, 0.29) is 24.8 Å². The molecule has 19 heavy (non-hydrogen) atoms. The summed E-state index contributed by atoms with van der Waals surface area (Å²) in [7, 11) is 1.79. The van der Waals surface area contributed by atoms with E-state index in [1.165, 1.54) is 0 Å². The molecule has 0 saturated heterocycles. The van der Waals surface area contributed by atoms with Crippen LogP contribution in [-0.2, 0) is 4.79 Å². The molecule has 2 saturated carbocycles. The SMILES string of the molecule is CNC1(CC(=O)NC2(C(F)(F)F)CC2)CCCCC1. The second-order valence-electron chi connectivity index (χ2n) is 5.90. The number of alkyl halides is 3. The van der Waals surface area contributed by atoms with Crippen molar-refractivity contribution >= 4 is 5.91 Å². The lowest BCUT2D eigenvalue weighted by molar-refractivity contribution is -0.170. The first-order chi connectivity index (χ1) is 8.83. The summed E-state index contributed by atoms with van der Waals surface area (Å²) in [6.07, 6.45) is 0.730. The van der Waals surface area contributed by atoms with Crippen molar-refractivity contribution in [2.45, 2.75) is 68.6 Å². The Labute approximate surface area is 111 Å². The zero-order valence-electron chi connectivity index (χ0n) is 11.2. The number of hydrogen-bond donors (Lipinski definition) is 2. The molecular formula is C13H21F3N2O. The Morgan fingerprint density at radius 1 is 1.11 bits per heavy atom. The molecule has 0 aliphatic heterocycles. The first-order valence-electron chi connectivity index (χ1n) is 6.89.